The molecule has 0 radical (unpaired) electrons. The van der Waals surface area contributed by atoms with Gasteiger partial charge in [0.2, 0.25) is 0 Å². The maximum Gasteiger partial charge on any atom is 0.287 e. The second kappa shape index (κ2) is 5.40. The topological polar surface area (TPSA) is 68.9 Å². The molecule has 0 aliphatic carbocycles. The number of rotatable bonds is 4. The molecule has 0 aliphatic rings. The van der Waals surface area contributed by atoms with Gasteiger partial charge in [0.1, 0.15) is 6.20 Å². The Morgan fingerprint density at radius 3 is 2.71 bits per heavy atom. The number of pyridine rings is 2. The van der Waals surface area contributed by atoms with Gasteiger partial charge in [-0.25, -0.2) is 4.98 Å². The van der Waals surface area contributed by atoms with E-state index in [2.05, 4.69) is 9.97 Å². The van der Waals surface area contributed by atoms with Crippen molar-refractivity contribution in [2.24, 2.45) is 0 Å². The molecule has 0 unspecified atom stereocenters. The predicted molar refractivity (Wildman–Crippen MR) is 64.7 cm³/mol. The molecule has 0 saturated heterocycles. The van der Waals surface area contributed by atoms with Gasteiger partial charge in [-0.1, -0.05) is 6.07 Å². The highest BCUT2D eigenvalue weighted by Crippen LogP contribution is 2.21. The van der Waals surface area contributed by atoms with Crippen LogP contribution >= 0.6 is 11.8 Å². The lowest BCUT2D eigenvalue weighted by Gasteiger charge is -1.99. The zero-order valence-electron chi connectivity index (χ0n) is 8.81. The molecule has 2 aromatic rings. The summed E-state index contributed by atoms with van der Waals surface area (Å²) in [7, 11) is 0. The van der Waals surface area contributed by atoms with Crippen molar-refractivity contribution in [3.63, 3.8) is 0 Å². The van der Waals surface area contributed by atoms with E-state index in [-0.39, 0.29) is 5.69 Å². The van der Waals surface area contributed by atoms with Gasteiger partial charge in [0.05, 0.1) is 15.6 Å². The van der Waals surface area contributed by atoms with E-state index in [9.17, 15) is 10.1 Å². The van der Waals surface area contributed by atoms with Crippen LogP contribution < -0.4 is 0 Å². The van der Waals surface area contributed by atoms with Gasteiger partial charge < -0.3 is 0 Å². The molecule has 0 saturated carbocycles. The van der Waals surface area contributed by atoms with Crippen LogP contribution in [0, 0.1) is 10.1 Å². The summed E-state index contributed by atoms with van der Waals surface area (Å²) in [5.74, 6) is 0.700. The smallest absolute Gasteiger partial charge is 0.260 e. The second-order valence-electron chi connectivity index (χ2n) is 3.22. The lowest BCUT2D eigenvalue weighted by molar-refractivity contribution is -0.385. The molecule has 17 heavy (non-hydrogen) atoms. The lowest BCUT2D eigenvalue weighted by Crippen LogP contribution is -1.90. The number of hydrogen-bond acceptors (Lipinski definition) is 5. The van der Waals surface area contributed by atoms with Crippen molar-refractivity contribution < 1.29 is 4.92 Å². The minimum Gasteiger partial charge on any atom is -0.260 e. The zero-order chi connectivity index (χ0) is 12.1. The van der Waals surface area contributed by atoms with E-state index in [1.54, 1.807) is 12.3 Å². The number of nitro groups is 1. The Labute approximate surface area is 102 Å². The normalized spacial score (nSPS) is 10.1. The molecule has 0 amide bonds. The monoisotopic (exact) mass is 247 g/mol. The van der Waals surface area contributed by atoms with Crippen LogP contribution in [0.1, 0.15) is 5.69 Å². The van der Waals surface area contributed by atoms with Crippen LogP contribution in [-0.2, 0) is 5.75 Å². The van der Waals surface area contributed by atoms with Gasteiger partial charge >= 0.3 is 0 Å². The third-order valence-electron chi connectivity index (χ3n) is 2.03. The molecule has 0 atom stereocenters. The zero-order valence-corrected chi connectivity index (χ0v) is 9.63. The van der Waals surface area contributed by atoms with Gasteiger partial charge in [0, 0.05) is 18.0 Å². The average Bonchev–Trinajstić information content (AvgIpc) is 2.38. The molecule has 2 rings (SSSR count). The van der Waals surface area contributed by atoms with E-state index >= 15 is 0 Å². The van der Waals surface area contributed by atoms with Gasteiger partial charge in [0.25, 0.3) is 5.69 Å². The maximum absolute atomic E-state index is 10.4. The highest BCUT2D eigenvalue weighted by Gasteiger charge is 2.05. The molecular weight excluding hydrogens is 238 g/mol. The first-order chi connectivity index (χ1) is 8.25. The van der Waals surface area contributed by atoms with E-state index in [1.165, 1.54) is 24.0 Å². The molecule has 5 nitrogen and oxygen atoms in total. The fourth-order valence-corrected chi connectivity index (χ4v) is 1.96. The third-order valence-corrected chi connectivity index (χ3v) is 3.00. The van der Waals surface area contributed by atoms with Crippen molar-refractivity contribution in [1.29, 1.82) is 0 Å². The number of hydrogen-bond donors (Lipinski definition) is 0. The lowest BCUT2D eigenvalue weighted by atomic mass is 10.4. The maximum atomic E-state index is 10.4. The fourth-order valence-electron chi connectivity index (χ4n) is 1.20. The Morgan fingerprint density at radius 2 is 2.12 bits per heavy atom. The summed E-state index contributed by atoms with van der Waals surface area (Å²) in [6, 6.07) is 8.81. The Hall–Kier alpha value is -1.95. The van der Waals surface area contributed by atoms with E-state index in [4.69, 9.17) is 0 Å². The van der Waals surface area contributed by atoms with Crippen molar-refractivity contribution in [3.8, 4) is 0 Å². The van der Waals surface area contributed by atoms with E-state index in [1.807, 2.05) is 18.2 Å². The van der Waals surface area contributed by atoms with Gasteiger partial charge in [0.15, 0.2) is 0 Å². The molecule has 2 aromatic heterocycles. The van der Waals surface area contributed by atoms with Crippen LogP contribution in [0.5, 0.6) is 0 Å². The van der Waals surface area contributed by atoms with Crippen molar-refractivity contribution in [3.05, 3.63) is 58.5 Å². The van der Waals surface area contributed by atoms with Crippen LogP contribution in [0.3, 0.4) is 0 Å². The summed E-state index contributed by atoms with van der Waals surface area (Å²) in [6.07, 6.45) is 3.00. The Morgan fingerprint density at radius 1 is 1.24 bits per heavy atom. The molecule has 86 valence electrons. The molecule has 0 aliphatic heterocycles. The van der Waals surface area contributed by atoms with Crippen LogP contribution in [0.25, 0.3) is 0 Å². The summed E-state index contributed by atoms with van der Waals surface area (Å²) < 4.78 is 0. The quantitative estimate of drug-likeness (QED) is 0.472. The first-order valence-electron chi connectivity index (χ1n) is 4.89. The third kappa shape index (κ3) is 3.25. The van der Waals surface area contributed by atoms with Crippen LogP contribution in [0.4, 0.5) is 5.69 Å². The Bertz CT molecular complexity index is 502. The molecular formula is C11H9N3O2S. The number of nitrogens with zero attached hydrogens (tertiary/aromatic N) is 3. The van der Waals surface area contributed by atoms with Crippen LogP contribution in [-0.4, -0.2) is 14.9 Å². The summed E-state index contributed by atoms with van der Waals surface area (Å²) in [5, 5.41) is 11.2. The minimum absolute atomic E-state index is 0.00665. The van der Waals surface area contributed by atoms with E-state index < -0.39 is 4.92 Å². The molecule has 0 fully saturated rings. The van der Waals surface area contributed by atoms with Crippen molar-refractivity contribution in [1.82, 2.24) is 9.97 Å². The van der Waals surface area contributed by atoms with E-state index in [0.29, 0.717) is 5.75 Å². The molecule has 0 spiro atoms. The van der Waals surface area contributed by atoms with Crippen molar-refractivity contribution >= 4 is 17.4 Å². The fraction of sp³-hybridized carbons (Fsp3) is 0.0909. The first-order valence-corrected chi connectivity index (χ1v) is 5.87. The summed E-state index contributed by atoms with van der Waals surface area (Å²) in [4.78, 5) is 18.2. The first kappa shape index (κ1) is 11.5. The molecule has 0 bridgehead atoms. The van der Waals surface area contributed by atoms with Gasteiger partial charge in [-0.15, -0.1) is 11.8 Å². The summed E-state index contributed by atoms with van der Waals surface area (Å²) in [5.41, 5.74) is 0.963. The standard InChI is InChI=1S/C11H9N3O2S/c15-14(16)10-4-5-11(13-7-10)17-8-9-3-1-2-6-12-9/h1-7H,8H2. The van der Waals surface area contributed by atoms with Gasteiger partial charge in [-0.2, -0.15) is 0 Å². The molecule has 0 aromatic carbocycles. The molecule has 0 N–H and O–H groups in total. The average molecular weight is 247 g/mol. The predicted octanol–water partition coefficient (Wildman–Crippen LogP) is 2.68. The second-order valence-corrected chi connectivity index (χ2v) is 4.22. The number of thioether (sulfide) groups is 1. The highest BCUT2D eigenvalue weighted by molar-refractivity contribution is 7.98. The molecule has 6 heteroatoms. The summed E-state index contributed by atoms with van der Waals surface area (Å²) >= 11 is 1.50. The van der Waals surface area contributed by atoms with Crippen molar-refractivity contribution in [2.45, 2.75) is 10.8 Å². The number of aromatic nitrogens is 2. The Kier molecular flexibility index (Phi) is 3.66. The van der Waals surface area contributed by atoms with Crippen LogP contribution in [0.15, 0.2) is 47.8 Å². The van der Waals surface area contributed by atoms with Crippen LogP contribution in [0.2, 0.25) is 0 Å². The van der Waals surface area contributed by atoms with E-state index in [0.717, 1.165) is 10.7 Å². The SMILES string of the molecule is O=[N+]([O-])c1ccc(SCc2ccccn2)nc1. The Balaban J connectivity index is 1.98. The van der Waals surface area contributed by atoms with Gasteiger partial charge in [-0.3, -0.25) is 15.1 Å². The molecule has 2 heterocycles. The summed E-state index contributed by atoms with van der Waals surface area (Å²) in [6.45, 7) is 0. The highest BCUT2D eigenvalue weighted by atomic mass is 32.2. The minimum atomic E-state index is -0.458. The van der Waals surface area contributed by atoms with Gasteiger partial charge in [-0.05, 0) is 18.2 Å². The largest absolute Gasteiger partial charge is 0.287 e. The van der Waals surface area contributed by atoms with Crippen molar-refractivity contribution in [2.75, 3.05) is 0 Å².